The lowest BCUT2D eigenvalue weighted by Crippen LogP contribution is -2.30. The molecule has 4 aromatic rings. The number of aryl methyl sites for hydroxylation is 1. The van der Waals surface area contributed by atoms with Gasteiger partial charge in [-0.15, -0.1) is 11.3 Å². The number of ether oxygens (including phenoxy) is 2. The fourth-order valence-electron chi connectivity index (χ4n) is 3.64. The van der Waals surface area contributed by atoms with Gasteiger partial charge in [-0.1, -0.05) is 35.9 Å². The first-order valence-corrected chi connectivity index (χ1v) is 13.8. The third-order valence-electron chi connectivity index (χ3n) is 5.63. The van der Waals surface area contributed by atoms with E-state index in [1.54, 1.807) is 60.0 Å². The summed E-state index contributed by atoms with van der Waals surface area (Å²) in [5.74, 6) is 0.546. The van der Waals surface area contributed by atoms with Crippen LogP contribution in [-0.4, -0.2) is 29.9 Å². The molecule has 0 saturated carbocycles. The predicted molar refractivity (Wildman–Crippen MR) is 139 cm³/mol. The van der Waals surface area contributed by atoms with Crippen LogP contribution in [0, 0.1) is 12.7 Å². The van der Waals surface area contributed by atoms with Crippen molar-refractivity contribution in [2.45, 2.75) is 38.1 Å². The molecule has 3 aromatic carbocycles. The minimum Gasteiger partial charge on any atom is -0.493 e. The van der Waals surface area contributed by atoms with E-state index in [-0.39, 0.29) is 37.0 Å². The number of aromatic nitrogens is 1. The molecule has 0 aliphatic carbocycles. The molecular formula is C27H27FN2O5S2. The molecule has 0 aliphatic rings. The molecule has 1 heterocycles. The number of sulfonamides is 1. The van der Waals surface area contributed by atoms with Crippen molar-refractivity contribution in [1.29, 1.82) is 0 Å². The molecule has 0 atom stereocenters. The van der Waals surface area contributed by atoms with Gasteiger partial charge in [0.05, 0.1) is 24.3 Å². The summed E-state index contributed by atoms with van der Waals surface area (Å²) >= 11 is 1.37. The number of benzene rings is 3. The number of nitrogens with zero attached hydrogens (tertiary/aromatic N) is 2. The van der Waals surface area contributed by atoms with Crippen LogP contribution in [0.15, 0.2) is 77.0 Å². The third-order valence-corrected chi connectivity index (χ3v) is 8.31. The molecule has 1 N–H and O–H groups in total. The zero-order valence-electron chi connectivity index (χ0n) is 20.4. The first-order chi connectivity index (χ1) is 17.8. The highest BCUT2D eigenvalue weighted by atomic mass is 32.2. The fourth-order valence-corrected chi connectivity index (χ4v) is 5.75. The van der Waals surface area contributed by atoms with Crippen molar-refractivity contribution in [3.05, 3.63) is 105 Å². The van der Waals surface area contributed by atoms with E-state index in [2.05, 4.69) is 4.98 Å². The maximum absolute atomic E-state index is 13.6. The summed E-state index contributed by atoms with van der Waals surface area (Å²) in [6.45, 7) is 2.03. The summed E-state index contributed by atoms with van der Waals surface area (Å²) in [6, 6.07) is 17.7. The van der Waals surface area contributed by atoms with Crippen molar-refractivity contribution in [1.82, 2.24) is 9.29 Å². The molecule has 37 heavy (non-hydrogen) atoms. The Morgan fingerprint density at radius 1 is 0.973 bits per heavy atom. The summed E-state index contributed by atoms with van der Waals surface area (Å²) in [7, 11) is -2.35. The van der Waals surface area contributed by atoms with E-state index in [1.807, 2.05) is 6.92 Å². The number of hydrogen-bond donors (Lipinski definition) is 1. The second kappa shape index (κ2) is 11.8. The van der Waals surface area contributed by atoms with Gasteiger partial charge in [-0.25, -0.2) is 17.8 Å². The van der Waals surface area contributed by atoms with Crippen LogP contribution in [0.1, 0.15) is 27.4 Å². The van der Waals surface area contributed by atoms with Gasteiger partial charge in [0.25, 0.3) is 0 Å². The van der Waals surface area contributed by atoms with Gasteiger partial charge >= 0.3 is 0 Å². The molecule has 0 aliphatic heterocycles. The van der Waals surface area contributed by atoms with Gasteiger partial charge < -0.3 is 14.6 Å². The molecule has 0 bridgehead atoms. The van der Waals surface area contributed by atoms with Crippen LogP contribution in [0.2, 0.25) is 0 Å². The molecule has 0 spiro atoms. The van der Waals surface area contributed by atoms with E-state index >= 15 is 0 Å². The van der Waals surface area contributed by atoms with Crippen LogP contribution in [0.4, 0.5) is 4.39 Å². The first-order valence-electron chi connectivity index (χ1n) is 11.4. The topological polar surface area (TPSA) is 89.0 Å². The summed E-state index contributed by atoms with van der Waals surface area (Å²) in [4.78, 5) is 4.46. The second-order valence-electron chi connectivity index (χ2n) is 8.38. The Morgan fingerprint density at radius 2 is 1.65 bits per heavy atom. The molecule has 10 heteroatoms. The molecule has 0 radical (unpaired) electrons. The quantitative estimate of drug-likeness (QED) is 0.285. The summed E-state index contributed by atoms with van der Waals surface area (Å²) in [5.41, 5.74) is 2.86. The van der Waals surface area contributed by atoms with Crippen molar-refractivity contribution in [2.75, 3.05) is 7.11 Å². The largest absolute Gasteiger partial charge is 0.493 e. The number of aliphatic hydroxyl groups is 1. The zero-order valence-corrected chi connectivity index (χ0v) is 22.1. The Kier molecular flexibility index (Phi) is 8.55. The van der Waals surface area contributed by atoms with Gasteiger partial charge in [-0.2, -0.15) is 4.31 Å². The first kappa shape index (κ1) is 26.7. The number of halogens is 1. The number of thiazole rings is 1. The van der Waals surface area contributed by atoms with Gasteiger partial charge in [-0.3, -0.25) is 0 Å². The lowest BCUT2D eigenvalue weighted by atomic mass is 10.2. The molecule has 4 rings (SSSR count). The molecule has 1 aromatic heterocycles. The van der Waals surface area contributed by atoms with Gasteiger partial charge in [0.1, 0.15) is 17.4 Å². The Balaban J connectivity index is 1.62. The third kappa shape index (κ3) is 6.72. The maximum Gasteiger partial charge on any atom is 0.243 e. The van der Waals surface area contributed by atoms with E-state index < -0.39 is 10.0 Å². The second-order valence-corrected chi connectivity index (χ2v) is 11.3. The summed E-state index contributed by atoms with van der Waals surface area (Å²) in [5, 5.41) is 11.7. The van der Waals surface area contributed by atoms with Crippen LogP contribution >= 0.6 is 11.3 Å². The zero-order chi connectivity index (χ0) is 26.4. The molecule has 0 amide bonds. The van der Waals surface area contributed by atoms with Gasteiger partial charge in [0.15, 0.2) is 11.5 Å². The molecule has 7 nitrogen and oxygen atoms in total. The van der Waals surface area contributed by atoms with E-state index in [0.29, 0.717) is 33.3 Å². The van der Waals surface area contributed by atoms with Crippen LogP contribution in [0.5, 0.6) is 11.5 Å². The summed E-state index contributed by atoms with van der Waals surface area (Å²) in [6.07, 6.45) is 0. The predicted octanol–water partition coefficient (Wildman–Crippen LogP) is 5.06. The van der Waals surface area contributed by atoms with Gasteiger partial charge in [0, 0.05) is 18.5 Å². The fraction of sp³-hybridized carbons (Fsp3) is 0.222. The molecule has 0 unspecified atom stereocenters. The van der Waals surface area contributed by atoms with E-state index in [1.165, 1.54) is 34.9 Å². The molecule has 0 saturated heterocycles. The van der Waals surface area contributed by atoms with Gasteiger partial charge in [-0.05, 0) is 54.4 Å². The molecule has 0 fully saturated rings. The monoisotopic (exact) mass is 542 g/mol. The Hall–Kier alpha value is -3.31. The Morgan fingerprint density at radius 3 is 2.30 bits per heavy atom. The van der Waals surface area contributed by atoms with Crippen molar-refractivity contribution in [3.63, 3.8) is 0 Å². The van der Waals surface area contributed by atoms with Crippen LogP contribution in [0.3, 0.4) is 0 Å². The minimum atomic E-state index is -3.87. The highest BCUT2D eigenvalue weighted by molar-refractivity contribution is 7.89. The number of aliphatic hydroxyl groups excluding tert-OH is 1. The molecular weight excluding hydrogens is 515 g/mol. The standard InChI is InChI=1S/C27H27FN2O5S2/c1-19-3-10-24(11-4-19)37(32,33)30(14-20-5-8-22(28)9-6-20)15-21-7-12-25(34-2)26(13-21)35-17-27-29-23(16-31)18-36-27/h3-13,18,31H,14-17H2,1-2H3. The number of hydrogen-bond acceptors (Lipinski definition) is 7. The Bertz CT molecular complexity index is 1440. The number of rotatable bonds is 11. The maximum atomic E-state index is 13.6. The van der Waals surface area contributed by atoms with Crippen LogP contribution < -0.4 is 9.47 Å². The summed E-state index contributed by atoms with van der Waals surface area (Å²) < 4.78 is 53.5. The van der Waals surface area contributed by atoms with E-state index in [9.17, 15) is 17.9 Å². The van der Waals surface area contributed by atoms with Crippen LogP contribution in [-0.2, 0) is 36.3 Å². The smallest absolute Gasteiger partial charge is 0.243 e. The van der Waals surface area contributed by atoms with Crippen molar-refractivity contribution in [3.8, 4) is 11.5 Å². The average molecular weight is 543 g/mol. The van der Waals surface area contributed by atoms with Gasteiger partial charge in [0.2, 0.25) is 10.0 Å². The SMILES string of the molecule is COc1ccc(CN(Cc2ccc(F)cc2)S(=O)(=O)c2ccc(C)cc2)cc1OCc1nc(CO)cs1. The van der Waals surface area contributed by atoms with Crippen molar-refractivity contribution in [2.24, 2.45) is 0 Å². The lowest BCUT2D eigenvalue weighted by molar-refractivity contribution is 0.271. The highest BCUT2D eigenvalue weighted by Gasteiger charge is 2.25. The molecule has 194 valence electrons. The van der Waals surface area contributed by atoms with Crippen molar-refractivity contribution >= 4 is 21.4 Å². The Labute approximate surface area is 219 Å². The van der Waals surface area contributed by atoms with Crippen LogP contribution in [0.25, 0.3) is 0 Å². The lowest BCUT2D eigenvalue weighted by Gasteiger charge is -2.23. The minimum absolute atomic E-state index is 0.0554. The van der Waals surface area contributed by atoms with E-state index in [4.69, 9.17) is 9.47 Å². The average Bonchev–Trinajstić information content (AvgIpc) is 3.37. The van der Waals surface area contributed by atoms with E-state index in [0.717, 1.165) is 5.56 Å². The normalized spacial score (nSPS) is 11.6. The number of methoxy groups -OCH3 is 1. The highest BCUT2D eigenvalue weighted by Crippen LogP contribution is 2.31. The van der Waals surface area contributed by atoms with Crippen molar-refractivity contribution < 1.29 is 27.4 Å².